The van der Waals surface area contributed by atoms with E-state index in [0.29, 0.717) is 5.56 Å². The van der Waals surface area contributed by atoms with E-state index in [4.69, 9.17) is 28.4 Å². The lowest BCUT2D eigenvalue weighted by Gasteiger charge is -2.43. The number of fused-ring (bicyclic) bond motifs is 1. The zero-order chi connectivity index (χ0) is 25.8. The molecule has 3 saturated heterocycles. The molecule has 1 spiro atoms. The quantitative estimate of drug-likeness (QED) is 0.322. The van der Waals surface area contributed by atoms with Crippen molar-refractivity contribution in [3.8, 4) is 0 Å². The Balaban J connectivity index is 1.62. The summed E-state index contributed by atoms with van der Waals surface area (Å²) in [6.07, 6.45) is -3.02. The van der Waals surface area contributed by atoms with Crippen LogP contribution in [0.25, 0.3) is 0 Å². The van der Waals surface area contributed by atoms with Crippen molar-refractivity contribution < 1.29 is 43.1 Å². The van der Waals surface area contributed by atoms with E-state index in [1.165, 1.54) is 24.3 Å². The number of hydrogen-bond donors (Lipinski definition) is 0. The first kappa shape index (κ1) is 25.4. The Bertz CT molecular complexity index is 1020. The Morgan fingerprint density at radius 2 is 1.74 bits per heavy atom. The van der Waals surface area contributed by atoms with Crippen LogP contribution in [0.3, 0.4) is 0 Å². The Kier molecular flexibility index (Phi) is 6.13. The number of carbonyl (C=O) groups is 1. The highest BCUT2D eigenvalue weighted by Gasteiger charge is 2.65. The van der Waals surface area contributed by atoms with Crippen LogP contribution < -0.4 is 0 Å². The average molecular weight is 496 g/mol. The van der Waals surface area contributed by atoms with Crippen molar-refractivity contribution in [1.29, 1.82) is 0 Å². The fourth-order valence-corrected chi connectivity index (χ4v) is 4.51. The van der Waals surface area contributed by atoms with E-state index < -0.39 is 57.0 Å². The van der Waals surface area contributed by atoms with Crippen molar-refractivity contribution in [1.82, 2.24) is 0 Å². The fraction of sp³-hybridized carbons (Fsp3) is 0.682. The summed E-state index contributed by atoms with van der Waals surface area (Å²) in [6.45, 7) is 7.85. The van der Waals surface area contributed by atoms with Gasteiger partial charge in [-0.15, -0.1) is 0 Å². The first-order chi connectivity index (χ1) is 16.2. The molecule has 13 nitrogen and oxygen atoms in total. The van der Waals surface area contributed by atoms with Gasteiger partial charge in [-0.1, -0.05) is 12.1 Å². The molecule has 0 aromatic heterocycles. The maximum absolute atomic E-state index is 13.4. The predicted molar refractivity (Wildman–Crippen MR) is 116 cm³/mol. The third kappa shape index (κ3) is 4.74. The second-order valence-corrected chi connectivity index (χ2v) is 10.0. The molecule has 0 bridgehead atoms. The summed E-state index contributed by atoms with van der Waals surface area (Å²) in [4.78, 5) is 35.1. The molecule has 1 aromatic rings. The molecule has 3 heterocycles. The molecule has 5 atom stereocenters. The van der Waals surface area contributed by atoms with Gasteiger partial charge in [0.25, 0.3) is 5.69 Å². The Hall–Kier alpha value is -2.71. The molecule has 0 saturated carbocycles. The summed E-state index contributed by atoms with van der Waals surface area (Å²) in [5.74, 6) is -4.75. The molecule has 0 N–H and O–H groups in total. The number of hydrogen-bond acceptors (Lipinski definition) is 11. The van der Waals surface area contributed by atoms with Crippen molar-refractivity contribution >= 4 is 11.7 Å². The first-order valence-corrected chi connectivity index (χ1v) is 11.1. The molecular weight excluding hydrogens is 468 g/mol. The van der Waals surface area contributed by atoms with Gasteiger partial charge >= 0.3 is 11.5 Å². The van der Waals surface area contributed by atoms with Crippen molar-refractivity contribution in [3.63, 3.8) is 0 Å². The van der Waals surface area contributed by atoms with Crippen LogP contribution in [0.4, 0.5) is 5.69 Å². The zero-order valence-electron chi connectivity index (χ0n) is 20.0. The van der Waals surface area contributed by atoms with Crippen molar-refractivity contribution in [3.05, 3.63) is 50.1 Å². The largest absolute Gasteiger partial charge is 0.448 e. The first-order valence-electron chi connectivity index (χ1n) is 11.1. The molecule has 1 unspecified atom stereocenters. The van der Waals surface area contributed by atoms with Gasteiger partial charge in [-0.05, 0) is 33.3 Å². The summed E-state index contributed by atoms with van der Waals surface area (Å²) < 4.78 is 35.3. The Labute approximate surface area is 200 Å². The van der Waals surface area contributed by atoms with Crippen molar-refractivity contribution in [2.75, 3.05) is 13.2 Å². The van der Waals surface area contributed by atoms with E-state index in [2.05, 4.69) is 0 Å². The van der Waals surface area contributed by atoms with Gasteiger partial charge in [0.15, 0.2) is 17.7 Å². The Morgan fingerprint density at radius 3 is 2.29 bits per heavy atom. The molecule has 4 rings (SSSR count). The number of rotatable bonds is 6. The van der Waals surface area contributed by atoms with Crippen LogP contribution in [0.15, 0.2) is 24.3 Å². The minimum absolute atomic E-state index is 0.0802. The topological polar surface area (TPSA) is 159 Å². The van der Waals surface area contributed by atoms with Crippen LogP contribution in [0.2, 0.25) is 0 Å². The Morgan fingerprint density at radius 1 is 1.09 bits per heavy atom. The fourth-order valence-electron chi connectivity index (χ4n) is 4.51. The molecule has 3 aliphatic heterocycles. The second kappa shape index (κ2) is 8.45. The second-order valence-electron chi connectivity index (χ2n) is 10.0. The molecule has 35 heavy (non-hydrogen) atoms. The number of nitro benzene ring substituents is 1. The summed E-state index contributed by atoms with van der Waals surface area (Å²) >= 11 is 0. The van der Waals surface area contributed by atoms with E-state index in [9.17, 15) is 25.0 Å². The third-order valence-electron chi connectivity index (χ3n) is 6.26. The maximum atomic E-state index is 13.4. The van der Waals surface area contributed by atoms with Gasteiger partial charge in [-0.2, -0.15) is 0 Å². The summed E-state index contributed by atoms with van der Waals surface area (Å²) in [6, 6.07) is 5.16. The molecule has 0 amide bonds. The lowest BCUT2D eigenvalue weighted by Crippen LogP contribution is -2.64. The van der Waals surface area contributed by atoms with Crippen LogP contribution >= 0.6 is 0 Å². The number of nitro groups is 2. The standard InChI is InChI=1S/C22H28N2O11/c1-19(2)31-12-22(35-19)17(16-15(11-30-22)33-20(3,4)34-16)32-18(25)21(5,24(28)29)10-13-6-8-14(9-7-13)23(26)27/h6-9,15-17H,10-12H2,1-5H3/t15-,16-,17+,21?,22+/m1/s1. The monoisotopic (exact) mass is 496 g/mol. The number of ether oxygens (including phenoxy) is 6. The van der Waals surface area contributed by atoms with Crippen LogP contribution in [0.1, 0.15) is 40.2 Å². The van der Waals surface area contributed by atoms with Gasteiger partial charge in [-0.25, -0.2) is 4.79 Å². The zero-order valence-corrected chi connectivity index (χ0v) is 20.0. The molecular formula is C22H28N2O11. The summed E-state index contributed by atoms with van der Waals surface area (Å²) in [5, 5.41) is 23.0. The molecule has 0 radical (unpaired) electrons. The highest BCUT2D eigenvalue weighted by Crippen LogP contribution is 2.45. The van der Waals surface area contributed by atoms with E-state index >= 15 is 0 Å². The molecule has 1 aromatic carbocycles. The third-order valence-corrected chi connectivity index (χ3v) is 6.26. The normalized spacial score (nSPS) is 32.5. The van der Waals surface area contributed by atoms with E-state index in [0.717, 1.165) is 6.92 Å². The molecule has 3 aliphatic rings. The smallest absolute Gasteiger partial charge is 0.385 e. The minimum atomic E-state index is -2.21. The maximum Gasteiger partial charge on any atom is 0.385 e. The SMILES string of the molecule is CC1(C)O[C@@H]2[C@@H](CO[C@]3(COC(C)(C)O3)[C@H]2OC(=O)C(C)(Cc2ccc([N+](=O)[O-])cc2)[N+](=O)[O-])O1. The van der Waals surface area contributed by atoms with Gasteiger partial charge in [0.2, 0.25) is 5.79 Å². The predicted octanol–water partition coefficient (Wildman–Crippen LogP) is 2.11. The molecule has 3 fully saturated rings. The van der Waals surface area contributed by atoms with E-state index in [-0.39, 0.29) is 25.3 Å². The van der Waals surface area contributed by atoms with E-state index in [1.807, 2.05) is 0 Å². The van der Waals surface area contributed by atoms with Gasteiger partial charge in [0, 0.05) is 24.0 Å². The van der Waals surface area contributed by atoms with Crippen LogP contribution in [-0.2, 0) is 39.6 Å². The highest BCUT2D eigenvalue weighted by atomic mass is 16.9. The number of carbonyl (C=O) groups excluding carboxylic acids is 1. The van der Waals surface area contributed by atoms with Crippen LogP contribution in [0.5, 0.6) is 0 Å². The van der Waals surface area contributed by atoms with Gasteiger partial charge in [-0.3, -0.25) is 20.2 Å². The number of nitrogens with zero attached hydrogens (tertiary/aromatic N) is 2. The number of esters is 1. The van der Waals surface area contributed by atoms with Crippen molar-refractivity contribution in [2.24, 2.45) is 0 Å². The lowest BCUT2D eigenvalue weighted by molar-refractivity contribution is -0.551. The van der Waals surface area contributed by atoms with Gasteiger partial charge in [0.1, 0.15) is 18.8 Å². The van der Waals surface area contributed by atoms with Crippen molar-refractivity contribution in [2.45, 2.75) is 82.3 Å². The average Bonchev–Trinajstić information content (AvgIpc) is 3.25. The van der Waals surface area contributed by atoms with Crippen LogP contribution in [0, 0.1) is 20.2 Å². The van der Waals surface area contributed by atoms with Gasteiger partial charge < -0.3 is 28.4 Å². The highest BCUT2D eigenvalue weighted by molar-refractivity contribution is 5.79. The lowest BCUT2D eigenvalue weighted by atomic mass is 9.92. The summed E-state index contributed by atoms with van der Waals surface area (Å²) in [7, 11) is 0. The number of non-ortho nitro benzene ring substituents is 1. The molecule has 192 valence electrons. The van der Waals surface area contributed by atoms with Gasteiger partial charge in [0.05, 0.1) is 18.0 Å². The minimum Gasteiger partial charge on any atom is -0.448 e. The molecule has 0 aliphatic carbocycles. The number of benzene rings is 1. The van der Waals surface area contributed by atoms with E-state index in [1.54, 1.807) is 27.7 Å². The molecule has 13 heteroatoms. The van der Waals surface area contributed by atoms with Crippen LogP contribution in [-0.4, -0.2) is 70.2 Å². The summed E-state index contributed by atoms with van der Waals surface area (Å²) in [5.41, 5.74) is -2.04.